The molecule has 18 heavy (non-hydrogen) atoms. The van der Waals surface area contributed by atoms with Gasteiger partial charge in [0.2, 0.25) is 5.82 Å². The second-order valence-corrected chi connectivity index (χ2v) is 3.94. The van der Waals surface area contributed by atoms with E-state index >= 15 is 0 Å². The summed E-state index contributed by atoms with van der Waals surface area (Å²) in [7, 11) is 0. The first-order valence-corrected chi connectivity index (χ1v) is 5.60. The van der Waals surface area contributed by atoms with E-state index in [0.717, 1.165) is 12.1 Å². The van der Waals surface area contributed by atoms with Crippen LogP contribution in [0.15, 0.2) is 49.4 Å². The molecule has 0 saturated heterocycles. The van der Waals surface area contributed by atoms with Gasteiger partial charge in [-0.05, 0) is 29.3 Å². The maximum absolute atomic E-state index is 4.19. The van der Waals surface area contributed by atoms with Crippen molar-refractivity contribution in [3.63, 3.8) is 0 Å². The minimum absolute atomic E-state index is 0.564. The van der Waals surface area contributed by atoms with Gasteiger partial charge in [0.15, 0.2) is 5.69 Å². The van der Waals surface area contributed by atoms with Crippen LogP contribution >= 0.6 is 0 Å². The fourth-order valence-corrected chi connectivity index (χ4v) is 1.78. The first-order chi connectivity index (χ1) is 8.86. The molecule has 0 aromatic heterocycles. The number of allylic oxidation sites excluding steroid dienone is 1. The second kappa shape index (κ2) is 4.37. The molecule has 1 aromatic carbocycles. The molecule has 0 amide bonds. The van der Waals surface area contributed by atoms with Crippen molar-refractivity contribution in [3.05, 3.63) is 55.0 Å². The molecule has 0 spiro atoms. The highest BCUT2D eigenvalue weighted by Crippen LogP contribution is 2.15. The number of fused-ring (bicyclic) bond motifs is 1. The number of hydrogen-bond acceptors (Lipinski definition) is 4. The maximum atomic E-state index is 4.19. The van der Waals surface area contributed by atoms with Gasteiger partial charge in [0.05, 0.1) is 0 Å². The minimum Gasteiger partial charge on any atom is -0.305 e. The van der Waals surface area contributed by atoms with Crippen molar-refractivity contribution in [1.29, 1.82) is 0 Å². The third-order valence-corrected chi connectivity index (χ3v) is 2.70. The predicted molar refractivity (Wildman–Crippen MR) is 67.5 cm³/mol. The molecule has 88 valence electrons. The van der Waals surface area contributed by atoms with Gasteiger partial charge >= 0.3 is 0 Å². The Balaban J connectivity index is 1.98. The van der Waals surface area contributed by atoms with Gasteiger partial charge in [-0.3, -0.25) is 0 Å². The van der Waals surface area contributed by atoms with Gasteiger partial charge in [0.1, 0.15) is 6.33 Å². The summed E-state index contributed by atoms with van der Waals surface area (Å²) in [5.41, 5.74) is 2.95. The molecule has 0 saturated carbocycles. The van der Waals surface area contributed by atoms with Crippen LogP contribution in [0.5, 0.6) is 0 Å². The largest absolute Gasteiger partial charge is 0.305 e. The Hall–Kier alpha value is -2.56. The molecule has 3 rings (SSSR count). The average Bonchev–Trinajstić information content (AvgIpc) is 2.87. The average molecular weight is 237 g/mol. The van der Waals surface area contributed by atoms with Crippen molar-refractivity contribution < 1.29 is 0 Å². The van der Waals surface area contributed by atoms with E-state index in [0.29, 0.717) is 11.5 Å². The highest BCUT2D eigenvalue weighted by atomic mass is 15.4. The summed E-state index contributed by atoms with van der Waals surface area (Å²) < 4.78 is 1.90. The van der Waals surface area contributed by atoms with Gasteiger partial charge in [-0.2, -0.15) is 0 Å². The molecule has 2 heterocycles. The van der Waals surface area contributed by atoms with Crippen LogP contribution in [-0.4, -0.2) is 25.0 Å². The zero-order valence-corrected chi connectivity index (χ0v) is 9.69. The Morgan fingerprint density at radius 1 is 1.17 bits per heavy atom. The van der Waals surface area contributed by atoms with E-state index in [1.54, 1.807) is 6.33 Å². The molecule has 0 radical (unpaired) electrons. The normalized spacial score (nSPS) is 10.7. The van der Waals surface area contributed by atoms with Gasteiger partial charge in [0.25, 0.3) is 0 Å². The number of benzene rings is 1. The van der Waals surface area contributed by atoms with Crippen LogP contribution in [0, 0.1) is 0 Å². The van der Waals surface area contributed by atoms with E-state index in [1.165, 1.54) is 5.56 Å². The molecule has 0 unspecified atom stereocenters. The van der Waals surface area contributed by atoms with Gasteiger partial charge in [-0.25, -0.2) is 4.98 Å². The summed E-state index contributed by atoms with van der Waals surface area (Å²) >= 11 is 0. The maximum Gasteiger partial charge on any atom is 0.207 e. The summed E-state index contributed by atoms with van der Waals surface area (Å²) in [6, 6.07) is 8.22. The first-order valence-electron chi connectivity index (χ1n) is 5.60. The van der Waals surface area contributed by atoms with Crippen LogP contribution in [0.1, 0.15) is 5.56 Å². The van der Waals surface area contributed by atoms with Crippen LogP contribution < -0.4 is 0 Å². The fraction of sp³-hybridized carbons (Fsp3) is 0.0769. The van der Waals surface area contributed by atoms with Crippen LogP contribution in [0.2, 0.25) is 0 Å². The number of rotatable bonds is 3. The standard InChI is InChI=1S/C13H11N5/c1-2-3-10-4-6-11(7-5-10)18-8-12-13(14-9-18)16-17-15-12/h2,4-9H,1,3H2. The third-order valence-electron chi connectivity index (χ3n) is 2.70. The monoisotopic (exact) mass is 237 g/mol. The Labute approximate surface area is 104 Å². The van der Waals surface area contributed by atoms with E-state index in [9.17, 15) is 0 Å². The van der Waals surface area contributed by atoms with Crippen molar-refractivity contribution in [1.82, 2.24) is 25.0 Å². The number of aromatic nitrogens is 5. The fourth-order valence-electron chi connectivity index (χ4n) is 1.78. The third kappa shape index (κ3) is 1.86. The minimum atomic E-state index is 0.564. The van der Waals surface area contributed by atoms with E-state index in [4.69, 9.17) is 0 Å². The van der Waals surface area contributed by atoms with Crippen molar-refractivity contribution >= 4 is 0 Å². The van der Waals surface area contributed by atoms with Gasteiger partial charge in [-0.15, -0.1) is 16.8 Å². The molecule has 0 aliphatic carbocycles. The Bertz CT molecular complexity index is 641. The molecule has 2 aliphatic heterocycles. The Kier molecular flexibility index (Phi) is 2.57. The van der Waals surface area contributed by atoms with Crippen LogP contribution in [0.3, 0.4) is 0 Å². The summed E-state index contributed by atoms with van der Waals surface area (Å²) in [5.74, 6) is 0.564. The zero-order chi connectivity index (χ0) is 12.4. The van der Waals surface area contributed by atoms with E-state index in [-0.39, 0.29) is 0 Å². The molecule has 5 heteroatoms. The summed E-state index contributed by atoms with van der Waals surface area (Å²) in [4.78, 5) is 4.19. The summed E-state index contributed by atoms with van der Waals surface area (Å²) in [6.07, 6.45) is 6.34. The molecule has 0 N–H and O–H groups in total. The summed E-state index contributed by atoms with van der Waals surface area (Å²) in [6.45, 7) is 3.73. The van der Waals surface area contributed by atoms with Gasteiger partial charge < -0.3 is 4.57 Å². The topological polar surface area (TPSA) is 56.5 Å². The van der Waals surface area contributed by atoms with Gasteiger partial charge in [-0.1, -0.05) is 18.2 Å². The molecule has 0 atom stereocenters. The number of nitrogens with zero attached hydrogens (tertiary/aromatic N) is 5. The Morgan fingerprint density at radius 2 is 2.00 bits per heavy atom. The predicted octanol–water partition coefficient (Wildman–Crippen LogP) is 1.89. The lowest BCUT2D eigenvalue weighted by molar-refractivity contribution is 0.946. The van der Waals surface area contributed by atoms with E-state index < -0.39 is 0 Å². The van der Waals surface area contributed by atoms with Gasteiger partial charge in [0, 0.05) is 11.9 Å². The lowest BCUT2D eigenvalue weighted by atomic mass is 10.1. The molecule has 0 bridgehead atoms. The smallest absolute Gasteiger partial charge is 0.207 e. The van der Waals surface area contributed by atoms with Crippen molar-refractivity contribution in [2.24, 2.45) is 0 Å². The lowest BCUT2D eigenvalue weighted by Crippen LogP contribution is -1.99. The Morgan fingerprint density at radius 3 is 2.78 bits per heavy atom. The van der Waals surface area contributed by atoms with E-state index in [2.05, 4.69) is 39.1 Å². The quantitative estimate of drug-likeness (QED) is 0.653. The molecule has 1 aromatic rings. The molecule has 5 nitrogen and oxygen atoms in total. The van der Waals surface area contributed by atoms with Crippen LogP contribution in [0.25, 0.3) is 17.2 Å². The van der Waals surface area contributed by atoms with E-state index in [1.807, 2.05) is 29.0 Å². The SMILES string of the molecule is C=CCc1ccc(-n2cnc3nnnc-3c2)cc1. The van der Waals surface area contributed by atoms with Crippen molar-refractivity contribution in [3.8, 4) is 17.2 Å². The highest BCUT2D eigenvalue weighted by molar-refractivity contribution is 5.48. The highest BCUT2D eigenvalue weighted by Gasteiger charge is 2.08. The molecule has 0 fully saturated rings. The molecular formula is C13H11N5. The molecule has 2 aliphatic rings. The zero-order valence-electron chi connectivity index (χ0n) is 9.69. The van der Waals surface area contributed by atoms with Crippen LogP contribution in [-0.2, 0) is 6.42 Å². The number of hydrogen-bond donors (Lipinski definition) is 0. The lowest BCUT2D eigenvalue weighted by Gasteiger charge is -2.07. The molecular weight excluding hydrogens is 226 g/mol. The van der Waals surface area contributed by atoms with Crippen molar-refractivity contribution in [2.75, 3.05) is 0 Å². The van der Waals surface area contributed by atoms with Crippen LogP contribution in [0.4, 0.5) is 0 Å². The van der Waals surface area contributed by atoms with Crippen molar-refractivity contribution in [2.45, 2.75) is 6.42 Å². The second-order valence-electron chi connectivity index (χ2n) is 3.94. The first kappa shape index (κ1) is 10.6. The summed E-state index contributed by atoms with van der Waals surface area (Å²) in [5, 5.41) is 11.3.